The van der Waals surface area contributed by atoms with Crippen molar-refractivity contribution >= 4 is 6.03 Å². The molecule has 1 saturated heterocycles. The van der Waals surface area contributed by atoms with Crippen LogP contribution in [0.1, 0.15) is 28.3 Å². The van der Waals surface area contributed by atoms with Gasteiger partial charge < -0.3 is 15.1 Å². The fraction of sp³-hybridized carbons (Fsp3) is 0.409. The number of likely N-dealkylation sites (N-methyl/N-ethyl adjacent to an activating group) is 1. The number of amides is 2. The number of nitrogens with zero attached hydrogens (tertiary/aromatic N) is 2. The number of urea groups is 1. The van der Waals surface area contributed by atoms with Crippen molar-refractivity contribution in [3.63, 3.8) is 0 Å². The highest BCUT2D eigenvalue weighted by atomic mass is 16.2. The van der Waals surface area contributed by atoms with E-state index in [-0.39, 0.29) is 12.1 Å². The second-order valence-electron chi connectivity index (χ2n) is 7.29. The Morgan fingerprint density at radius 2 is 1.88 bits per heavy atom. The first-order valence-corrected chi connectivity index (χ1v) is 9.38. The highest BCUT2D eigenvalue weighted by molar-refractivity contribution is 5.75. The molecule has 1 aliphatic rings. The van der Waals surface area contributed by atoms with Crippen molar-refractivity contribution in [2.45, 2.75) is 26.3 Å². The van der Waals surface area contributed by atoms with Crippen LogP contribution >= 0.6 is 0 Å². The number of benzene rings is 2. The third-order valence-electron chi connectivity index (χ3n) is 5.20. The molecule has 1 N–H and O–H groups in total. The van der Waals surface area contributed by atoms with Gasteiger partial charge in [0.2, 0.25) is 0 Å². The second kappa shape index (κ2) is 8.37. The third kappa shape index (κ3) is 4.44. The molecule has 0 radical (unpaired) electrons. The molecule has 2 aromatic rings. The molecule has 0 bridgehead atoms. The van der Waals surface area contributed by atoms with Crippen molar-refractivity contribution in [3.05, 3.63) is 70.8 Å². The lowest BCUT2D eigenvalue weighted by Crippen LogP contribution is -2.52. The smallest absolute Gasteiger partial charge is 0.318 e. The topological polar surface area (TPSA) is 35.6 Å². The number of piperazine rings is 1. The predicted molar refractivity (Wildman–Crippen MR) is 106 cm³/mol. The average Bonchev–Trinajstić information content (AvgIpc) is 2.64. The number of nitrogens with one attached hydrogen (secondary N) is 1. The van der Waals surface area contributed by atoms with E-state index in [4.69, 9.17) is 0 Å². The van der Waals surface area contributed by atoms with Crippen molar-refractivity contribution in [2.75, 3.05) is 33.2 Å². The number of rotatable bonds is 4. The molecule has 1 atom stereocenters. The summed E-state index contributed by atoms with van der Waals surface area (Å²) in [6, 6.07) is 17.0. The fourth-order valence-corrected chi connectivity index (χ4v) is 3.65. The maximum Gasteiger partial charge on any atom is 0.318 e. The normalized spacial score (nSPS) is 18.0. The monoisotopic (exact) mass is 351 g/mol. The molecule has 1 aliphatic heterocycles. The summed E-state index contributed by atoms with van der Waals surface area (Å²) in [7, 11) is 2.12. The van der Waals surface area contributed by atoms with Gasteiger partial charge in [-0.1, -0.05) is 54.1 Å². The molecular weight excluding hydrogens is 322 g/mol. The maximum absolute atomic E-state index is 12.8. The van der Waals surface area contributed by atoms with Crippen LogP contribution in [0.5, 0.6) is 0 Å². The first kappa shape index (κ1) is 18.5. The molecule has 0 saturated carbocycles. The maximum atomic E-state index is 12.8. The molecule has 3 rings (SSSR count). The molecule has 1 heterocycles. The minimum Gasteiger partial charge on any atom is -0.338 e. The summed E-state index contributed by atoms with van der Waals surface area (Å²) in [4.78, 5) is 17.1. The van der Waals surface area contributed by atoms with Crippen molar-refractivity contribution in [3.8, 4) is 0 Å². The van der Waals surface area contributed by atoms with Gasteiger partial charge in [-0.25, -0.2) is 4.79 Å². The third-order valence-corrected chi connectivity index (χ3v) is 5.20. The lowest BCUT2D eigenvalue weighted by atomic mass is 10.0. The summed E-state index contributed by atoms with van der Waals surface area (Å²) in [6.07, 6.45) is 0.863. The molecule has 4 nitrogen and oxygen atoms in total. The minimum absolute atomic E-state index is 0.0386. The van der Waals surface area contributed by atoms with Gasteiger partial charge in [-0.15, -0.1) is 0 Å². The number of aryl methyl sites for hydroxylation is 2. The highest BCUT2D eigenvalue weighted by Crippen LogP contribution is 2.24. The number of carbonyl (C=O) groups excluding carboxylic acids is 1. The molecule has 26 heavy (non-hydrogen) atoms. The van der Waals surface area contributed by atoms with Crippen LogP contribution in [-0.2, 0) is 6.42 Å². The molecule has 138 valence electrons. The first-order valence-electron chi connectivity index (χ1n) is 9.38. The van der Waals surface area contributed by atoms with Crippen LogP contribution < -0.4 is 5.32 Å². The van der Waals surface area contributed by atoms with Gasteiger partial charge in [-0.2, -0.15) is 0 Å². The van der Waals surface area contributed by atoms with Crippen molar-refractivity contribution < 1.29 is 4.79 Å². The van der Waals surface area contributed by atoms with Crippen LogP contribution in [0.25, 0.3) is 0 Å². The van der Waals surface area contributed by atoms with E-state index >= 15 is 0 Å². The summed E-state index contributed by atoms with van der Waals surface area (Å²) < 4.78 is 0. The van der Waals surface area contributed by atoms with Crippen molar-refractivity contribution in [1.82, 2.24) is 15.1 Å². The number of hydrogen-bond acceptors (Lipinski definition) is 2. The molecule has 0 aliphatic carbocycles. The predicted octanol–water partition coefficient (Wildman–Crippen LogP) is 3.54. The van der Waals surface area contributed by atoms with Gasteiger partial charge in [-0.3, -0.25) is 0 Å². The van der Waals surface area contributed by atoms with Gasteiger partial charge in [0.05, 0.1) is 6.04 Å². The van der Waals surface area contributed by atoms with E-state index in [1.165, 1.54) is 22.3 Å². The average molecular weight is 351 g/mol. The zero-order valence-electron chi connectivity index (χ0n) is 16.0. The lowest BCUT2D eigenvalue weighted by molar-refractivity contribution is 0.109. The minimum atomic E-state index is 0.0386. The molecule has 0 unspecified atom stereocenters. The van der Waals surface area contributed by atoms with Gasteiger partial charge in [0.1, 0.15) is 0 Å². The summed E-state index contributed by atoms with van der Waals surface area (Å²) in [6.45, 7) is 7.44. The van der Waals surface area contributed by atoms with E-state index in [1.807, 2.05) is 23.1 Å². The standard InChI is InChI=1S/C22H29N3O/c1-17-9-10-19(18(2)15-17)11-12-23-22(26)25-14-13-24(3)16-21(25)20-7-5-4-6-8-20/h4-10,15,21H,11-14,16H2,1-3H3,(H,23,26)/t21-/m1/s1. The molecular formula is C22H29N3O. The Bertz CT molecular complexity index is 744. The van der Waals surface area contributed by atoms with E-state index in [0.717, 1.165) is 26.1 Å². The largest absolute Gasteiger partial charge is 0.338 e. The molecule has 1 fully saturated rings. The Balaban J connectivity index is 1.62. The molecule has 2 amide bonds. The molecule has 0 aromatic heterocycles. The van der Waals surface area contributed by atoms with E-state index in [1.54, 1.807) is 0 Å². The van der Waals surface area contributed by atoms with Gasteiger partial charge in [-0.05, 0) is 44.0 Å². The van der Waals surface area contributed by atoms with E-state index in [9.17, 15) is 4.79 Å². The Morgan fingerprint density at radius 1 is 1.12 bits per heavy atom. The summed E-state index contributed by atoms with van der Waals surface area (Å²) in [5.41, 5.74) is 5.07. The SMILES string of the molecule is Cc1ccc(CCNC(=O)N2CCN(C)C[C@@H]2c2ccccc2)c(C)c1. The van der Waals surface area contributed by atoms with Gasteiger partial charge in [0.25, 0.3) is 0 Å². The van der Waals surface area contributed by atoms with E-state index < -0.39 is 0 Å². The summed E-state index contributed by atoms with van der Waals surface area (Å²) >= 11 is 0. The Morgan fingerprint density at radius 3 is 2.62 bits per heavy atom. The number of carbonyl (C=O) groups is 1. The van der Waals surface area contributed by atoms with Gasteiger partial charge in [0.15, 0.2) is 0 Å². The Labute approximate surface area is 156 Å². The second-order valence-corrected chi connectivity index (χ2v) is 7.29. The summed E-state index contributed by atoms with van der Waals surface area (Å²) in [5, 5.41) is 3.13. The van der Waals surface area contributed by atoms with Crippen LogP contribution in [0.2, 0.25) is 0 Å². The van der Waals surface area contributed by atoms with Crippen molar-refractivity contribution in [1.29, 1.82) is 0 Å². The molecule has 0 spiro atoms. The van der Waals surface area contributed by atoms with Crippen LogP contribution in [-0.4, -0.2) is 49.1 Å². The van der Waals surface area contributed by atoms with Gasteiger partial charge >= 0.3 is 6.03 Å². The fourth-order valence-electron chi connectivity index (χ4n) is 3.65. The summed E-state index contributed by atoms with van der Waals surface area (Å²) in [5.74, 6) is 0. The van der Waals surface area contributed by atoms with E-state index in [0.29, 0.717) is 6.54 Å². The van der Waals surface area contributed by atoms with Gasteiger partial charge in [0, 0.05) is 26.2 Å². The zero-order valence-corrected chi connectivity index (χ0v) is 16.0. The Kier molecular flexibility index (Phi) is 5.94. The highest BCUT2D eigenvalue weighted by Gasteiger charge is 2.29. The van der Waals surface area contributed by atoms with Crippen LogP contribution in [0, 0.1) is 13.8 Å². The quantitative estimate of drug-likeness (QED) is 0.914. The van der Waals surface area contributed by atoms with Crippen LogP contribution in [0.3, 0.4) is 0 Å². The molecule has 4 heteroatoms. The zero-order chi connectivity index (χ0) is 18.5. The lowest BCUT2D eigenvalue weighted by Gasteiger charge is -2.40. The van der Waals surface area contributed by atoms with Crippen LogP contribution in [0.15, 0.2) is 48.5 Å². The number of hydrogen-bond donors (Lipinski definition) is 1. The molecule has 2 aromatic carbocycles. The van der Waals surface area contributed by atoms with Crippen LogP contribution in [0.4, 0.5) is 4.79 Å². The first-order chi connectivity index (χ1) is 12.5. The van der Waals surface area contributed by atoms with E-state index in [2.05, 4.69) is 61.4 Å². The Hall–Kier alpha value is -2.33. The van der Waals surface area contributed by atoms with Crippen molar-refractivity contribution in [2.24, 2.45) is 0 Å².